The maximum absolute atomic E-state index is 12.3. The summed E-state index contributed by atoms with van der Waals surface area (Å²) < 4.78 is 0. The highest BCUT2D eigenvalue weighted by Gasteiger charge is 2.11. The summed E-state index contributed by atoms with van der Waals surface area (Å²) in [7, 11) is 0. The molecule has 6 nitrogen and oxygen atoms in total. The van der Waals surface area contributed by atoms with Crippen molar-refractivity contribution in [3.05, 3.63) is 82.5 Å². The molecule has 2 aromatic carbocycles. The van der Waals surface area contributed by atoms with Crippen LogP contribution in [0.25, 0.3) is 33.8 Å². The van der Waals surface area contributed by atoms with Crippen LogP contribution in [0.15, 0.2) is 65.6 Å². The Morgan fingerprint density at radius 1 is 1.08 bits per heavy atom. The van der Waals surface area contributed by atoms with Gasteiger partial charge in [0.1, 0.15) is 6.07 Å². The molecule has 0 spiro atoms. The van der Waals surface area contributed by atoms with Crippen LogP contribution in [0, 0.1) is 11.3 Å². The van der Waals surface area contributed by atoms with Crippen molar-refractivity contribution in [1.29, 1.82) is 5.26 Å². The van der Waals surface area contributed by atoms with E-state index in [1.54, 1.807) is 36.5 Å². The zero-order valence-corrected chi connectivity index (χ0v) is 13.6. The first-order valence-electron chi connectivity index (χ1n) is 7.96. The Morgan fingerprint density at radius 2 is 1.85 bits per heavy atom. The van der Waals surface area contributed by atoms with Crippen LogP contribution in [0.1, 0.15) is 11.4 Å². The van der Waals surface area contributed by atoms with E-state index in [1.807, 2.05) is 30.3 Å². The lowest BCUT2D eigenvalue weighted by atomic mass is 10.1. The van der Waals surface area contributed by atoms with Gasteiger partial charge in [-0.25, -0.2) is 4.98 Å². The predicted octanol–water partition coefficient (Wildman–Crippen LogP) is 3.38. The van der Waals surface area contributed by atoms with Gasteiger partial charge in [-0.3, -0.25) is 9.89 Å². The molecule has 124 valence electrons. The fourth-order valence-electron chi connectivity index (χ4n) is 2.76. The summed E-state index contributed by atoms with van der Waals surface area (Å²) in [5.74, 6) is 0.233. The van der Waals surface area contributed by atoms with Crippen molar-refractivity contribution < 1.29 is 0 Å². The lowest BCUT2D eigenvalue weighted by Gasteiger charge is -2.03. The van der Waals surface area contributed by atoms with Crippen molar-refractivity contribution in [3.63, 3.8) is 0 Å². The van der Waals surface area contributed by atoms with Crippen molar-refractivity contribution in [2.75, 3.05) is 0 Å². The zero-order valence-electron chi connectivity index (χ0n) is 13.6. The molecule has 4 rings (SSSR count). The van der Waals surface area contributed by atoms with Gasteiger partial charge in [-0.05, 0) is 18.2 Å². The maximum Gasteiger partial charge on any atom is 0.259 e. The van der Waals surface area contributed by atoms with Crippen molar-refractivity contribution >= 4 is 22.6 Å². The van der Waals surface area contributed by atoms with Gasteiger partial charge in [0.25, 0.3) is 5.56 Å². The molecule has 2 aromatic heterocycles. The first-order valence-corrected chi connectivity index (χ1v) is 7.96. The average Bonchev–Trinajstić information content (AvgIpc) is 3.15. The smallest absolute Gasteiger partial charge is 0.259 e. The second-order valence-corrected chi connectivity index (χ2v) is 5.67. The van der Waals surface area contributed by atoms with Crippen LogP contribution in [0.2, 0.25) is 0 Å². The van der Waals surface area contributed by atoms with E-state index in [1.165, 1.54) is 0 Å². The van der Waals surface area contributed by atoms with E-state index < -0.39 is 0 Å². The Bertz CT molecular complexity index is 1210. The van der Waals surface area contributed by atoms with E-state index in [-0.39, 0.29) is 17.0 Å². The van der Waals surface area contributed by atoms with Crippen LogP contribution in [0.3, 0.4) is 0 Å². The molecule has 0 amide bonds. The molecule has 6 heteroatoms. The standard InChI is InChI=1S/C20H13N5O/c21-11-14(19-23-17-9-5-4-8-16(17)20(26)24-19)10-15-12-22-25-18(15)13-6-2-1-3-7-13/h1-10,12H,(H,22,25)(H,23,24,26)/b14-10+. The van der Waals surface area contributed by atoms with E-state index in [4.69, 9.17) is 0 Å². The van der Waals surface area contributed by atoms with E-state index >= 15 is 0 Å². The number of hydrogen-bond donors (Lipinski definition) is 2. The van der Waals surface area contributed by atoms with Crippen LogP contribution in [-0.2, 0) is 0 Å². The number of nitrogens with one attached hydrogen (secondary N) is 2. The largest absolute Gasteiger partial charge is 0.305 e. The van der Waals surface area contributed by atoms with Gasteiger partial charge in [0.2, 0.25) is 0 Å². The highest BCUT2D eigenvalue weighted by Crippen LogP contribution is 2.24. The van der Waals surface area contributed by atoms with Gasteiger partial charge in [0, 0.05) is 11.1 Å². The third-order valence-electron chi connectivity index (χ3n) is 4.02. The molecule has 26 heavy (non-hydrogen) atoms. The molecule has 2 N–H and O–H groups in total. The highest BCUT2D eigenvalue weighted by atomic mass is 16.1. The maximum atomic E-state index is 12.3. The van der Waals surface area contributed by atoms with E-state index in [9.17, 15) is 10.1 Å². The summed E-state index contributed by atoms with van der Waals surface area (Å²) in [6.07, 6.45) is 3.30. The molecular weight excluding hydrogens is 326 g/mol. The van der Waals surface area contributed by atoms with Crippen LogP contribution in [-0.4, -0.2) is 20.2 Å². The molecule has 0 unspecified atom stereocenters. The molecule has 0 bridgehead atoms. The van der Waals surface area contributed by atoms with Crippen LogP contribution < -0.4 is 5.56 Å². The lowest BCUT2D eigenvalue weighted by Crippen LogP contribution is -2.11. The topological polar surface area (TPSA) is 98.2 Å². The van der Waals surface area contributed by atoms with Crippen LogP contribution in [0.5, 0.6) is 0 Å². The second kappa shape index (κ2) is 6.49. The SMILES string of the molecule is N#C/C(=C\c1cn[nH]c1-c1ccccc1)c1nc2ccccc2c(=O)[nH]1. The number of hydrogen-bond acceptors (Lipinski definition) is 4. The Balaban J connectivity index is 1.84. The Labute approximate surface area is 148 Å². The molecule has 0 saturated carbocycles. The number of fused-ring (bicyclic) bond motifs is 1. The van der Waals surface area contributed by atoms with Gasteiger partial charge in [0.15, 0.2) is 5.82 Å². The molecular formula is C20H13N5O. The highest BCUT2D eigenvalue weighted by molar-refractivity contribution is 5.91. The predicted molar refractivity (Wildman–Crippen MR) is 99.9 cm³/mol. The van der Waals surface area contributed by atoms with Crippen molar-refractivity contribution in [2.24, 2.45) is 0 Å². The molecule has 0 aliphatic heterocycles. The number of aromatic nitrogens is 4. The molecule has 0 atom stereocenters. The number of H-pyrrole nitrogens is 2. The first-order chi connectivity index (χ1) is 12.8. The molecule has 2 heterocycles. The number of nitrogens with zero attached hydrogens (tertiary/aromatic N) is 3. The van der Waals surface area contributed by atoms with Gasteiger partial charge < -0.3 is 4.98 Å². The Kier molecular flexibility index (Phi) is 3.88. The van der Waals surface area contributed by atoms with E-state index in [0.29, 0.717) is 10.9 Å². The summed E-state index contributed by atoms with van der Waals surface area (Å²) in [5, 5.41) is 17.1. The summed E-state index contributed by atoms with van der Waals surface area (Å²) in [4.78, 5) is 19.4. The Hall–Kier alpha value is -3.98. The minimum absolute atomic E-state index is 0.233. The first kappa shape index (κ1) is 15.5. The molecule has 0 fully saturated rings. The molecule has 4 aromatic rings. The zero-order chi connectivity index (χ0) is 17.9. The number of rotatable bonds is 3. The third-order valence-corrected chi connectivity index (χ3v) is 4.02. The number of allylic oxidation sites excluding steroid dienone is 1. The summed E-state index contributed by atoms with van der Waals surface area (Å²) in [6.45, 7) is 0. The van der Waals surface area contributed by atoms with Gasteiger partial charge >= 0.3 is 0 Å². The fraction of sp³-hybridized carbons (Fsp3) is 0. The molecule has 0 saturated heterocycles. The number of nitriles is 1. The number of benzene rings is 2. The van der Waals surface area contributed by atoms with Crippen molar-refractivity contribution in [2.45, 2.75) is 0 Å². The molecule has 0 aliphatic carbocycles. The van der Waals surface area contributed by atoms with Crippen molar-refractivity contribution in [1.82, 2.24) is 20.2 Å². The van der Waals surface area contributed by atoms with Crippen molar-refractivity contribution in [3.8, 4) is 17.3 Å². The van der Waals surface area contributed by atoms with Crippen LogP contribution in [0.4, 0.5) is 0 Å². The number of aromatic amines is 2. The van der Waals surface area contributed by atoms with Gasteiger partial charge in [-0.2, -0.15) is 10.4 Å². The van der Waals surface area contributed by atoms with E-state index in [0.717, 1.165) is 16.8 Å². The lowest BCUT2D eigenvalue weighted by molar-refractivity contribution is 1.10. The van der Waals surface area contributed by atoms with Gasteiger partial charge in [-0.1, -0.05) is 42.5 Å². The summed E-state index contributed by atoms with van der Waals surface area (Å²) in [6, 6.07) is 18.8. The molecule has 0 aliphatic rings. The van der Waals surface area contributed by atoms with Gasteiger partial charge in [-0.15, -0.1) is 0 Å². The van der Waals surface area contributed by atoms with Crippen LogP contribution >= 0.6 is 0 Å². The van der Waals surface area contributed by atoms with Gasteiger partial charge in [0.05, 0.1) is 28.4 Å². The minimum Gasteiger partial charge on any atom is -0.305 e. The third kappa shape index (κ3) is 2.78. The number of para-hydroxylation sites is 1. The summed E-state index contributed by atoms with van der Waals surface area (Å²) >= 11 is 0. The Morgan fingerprint density at radius 3 is 2.65 bits per heavy atom. The quantitative estimate of drug-likeness (QED) is 0.559. The van der Waals surface area contributed by atoms with E-state index in [2.05, 4.69) is 26.2 Å². The second-order valence-electron chi connectivity index (χ2n) is 5.67. The normalized spacial score (nSPS) is 11.4. The minimum atomic E-state index is -0.276. The summed E-state index contributed by atoms with van der Waals surface area (Å²) in [5.41, 5.74) is 3.01. The fourth-order valence-corrected chi connectivity index (χ4v) is 2.76. The molecule has 0 radical (unpaired) electrons. The monoisotopic (exact) mass is 339 g/mol. The average molecular weight is 339 g/mol.